The summed E-state index contributed by atoms with van der Waals surface area (Å²) in [6.45, 7) is 4.50. The summed E-state index contributed by atoms with van der Waals surface area (Å²) < 4.78 is 33.6. The number of carboxylic acids is 1. The molecule has 4 rings (SSSR count). The molecule has 33 heavy (non-hydrogen) atoms. The first kappa shape index (κ1) is 22.4. The predicted octanol–water partition coefficient (Wildman–Crippen LogP) is 4.79. The molecule has 0 saturated heterocycles. The minimum absolute atomic E-state index is 0.164. The van der Waals surface area contributed by atoms with Gasteiger partial charge in [0, 0.05) is 35.5 Å². The maximum absolute atomic E-state index is 15.0. The van der Waals surface area contributed by atoms with Crippen LogP contribution in [0.4, 0.5) is 4.39 Å². The molecule has 2 aromatic carbocycles. The molecule has 7 nitrogen and oxygen atoms in total. The van der Waals surface area contributed by atoms with Crippen molar-refractivity contribution in [1.29, 1.82) is 0 Å². The number of rotatable bonds is 7. The van der Waals surface area contributed by atoms with Gasteiger partial charge in [-0.1, -0.05) is 13.3 Å². The van der Waals surface area contributed by atoms with Gasteiger partial charge in [0.15, 0.2) is 5.43 Å². The lowest BCUT2D eigenvalue weighted by Gasteiger charge is -2.32. The molecule has 1 aromatic heterocycles. The number of hydrogen-bond donors (Lipinski definition) is 1. The van der Waals surface area contributed by atoms with E-state index < -0.39 is 29.0 Å². The van der Waals surface area contributed by atoms with E-state index in [0.717, 1.165) is 18.4 Å². The van der Waals surface area contributed by atoms with Crippen LogP contribution in [0.2, 0.25) is 0 Å². The van der Waals surface area contributed by atoms with Crippen LogP contribution in [-0.2, 0) is 0 Å². The zero-order chi connectivity index (χ0) is 23.7. The fraction of sp³-hybridized carbons (Fsp3) is 0.280. The summed E-state index contributed by atoms with van der Waals surface area (Å²) in [5.74, 6) is -0.577. The largest absolute Gasteiger partial charge is 0.497 e. The molecule has 0 bridgehead atoms. The summed E-state index contributed by atoms with van der Waals surface area (Å²) in [6, 6.07) is 9.13. The number of nitrogens with zero attached hydrogens (tertiary/aromatic N) is 1. The molecule has 0 saturated carbocycles. The molecule has 2 heterocycles. The standard InChI is InChI=1S/C25H24FNO6/c1-4-5-8-32-22-12-23-17(9-14(22)2)20-11-21(28)18(25(29)30)13-27(20)24(33-23)16-7-6-15(31-3)10-19(16)26/h6-7,9-13,24H,4-5,8H2,1-3H3,(H,29,30). The number of carboxylic acid groups (broad SMARTS) is 1. The Morgan fingerprint density at radius 3 is 2.70 bits per heavy atom. The molecular weight excluding hydrogens is 429 g/mol. The Hall–Kier alpha value is -3.81. The molecule has 0 aliphatic carbocycles. The number of unbranched alkanes of at least 4 members (excludes halogenated alkanes) is 1. The highest BCUT2D eigenvalue weighted by Gasteiger charge is 2.31. The summed E-state index contributed by atoms with van der Waals surface area (Å²) in [6.07, 6.45) is 2.04. The van der Waals surface area contributed by atoms with E-state index >= 15 is 4.39 Å². The molecule has 3 aromatic rings. The van der Waals surface area contributed by atoms with E-state index in [-0.39, 0.29) is 5.56 Å². The van der Waals surface area contributed by atoms with Crippen molar-refractivity contribution in [2.45, 2.75) is 32.9 Å². The topological polar surface area (TPSA) is 87.0 Å². The second-order valence-electron chi connectivity index (χ2n) is 7.82. The molecule has 0 spiro atoms. The van der Waals surface area contributed by atoms with Gasteiger partial charge in [0.1, 0.15) is 28.6 Å². The molecule has 1 N–H and O–H groups in total. The second kappa shape index (κ2) is 8.97. The molecule has 1 atom stereocenters. The summed E-state index contributed by atoms with van der Waals surface area (Å²) >= 11 is 0. The van der Waals surface area contributed by atoms with Crippen molar-refractivity contribution in [3.63, 3.8) is 0 Å². The molecule has 0 fully saturated rings. The maximum Gasteiger partial charge on any atom is 0.341 e. The van der Waals surface area contributed by atoms with Gasteiger partial charge in [-0.05, 0) is 37.1 Å². The number of benzene rings is 2. The molecule has 1 unspecified atom stereocenters. The third kappa shape index (κ3) is 4.16. The number of pyridine rings is 1. The fourth-order valence-electron chi connectivity index (χ4n) is 3.79. The van der Waals surface area contributed by atoms with Crippen molar-refractivity contribution >= 4 is 5.97 Å². The highest BCUT2D eigenvalue weighted by molar-refractivity contribution is 5.88. The van der Waals surface area contributed by atoms with Crippen molar-refractivity contribution in [3.05, 3.63) is 75.3 Å². The minimum Gasteiger partial charge on any atom is -0.497 e. The lowest BCUT2D eigenvalue weighted by atomic mass is 10.0. The van der Waals surface area contributed by atoms with Gasteiger partial charge in [0.25, 0.3) is 0 Å². The first-order valence-electron chi connectivity index (χ1n) is 10.6. The fourth-order valence-corrected chi connectivity index (χ4v) is 3.79. The highest BCUT2D eigenvalue weighted by atomic mass is 19.1. The Morgan fingerprint density at radius 1 is 1.24 bits per heavy atom. The lowest BCUT2D eigenvalue weighted by Crippen LogP contribution is -2.28. The molecule has 8 heteroatoms. The van der Waals surface area contributed by atoms with E-state index in [9.17, 15) is 14.7 Å². The molecule has 1 aliphatic heterocycles. The first-order chi connectivity index (χ1) is 15.8. The van der Waals surface area contributed by atoms with E-state index in [1.807, 2.05) is 13.0 Å². The van der Waals surface area contributed by atoms with Gasteiger partial charge in [-0.2, -0.15) is 0 Å². The van der Waals surface area contributed by atoms with Crippen LogP contribution in [0.1, 0.15) is 47.5 Å². The summed E-state index contributed by atoms with van der Waals surface area (Å²) in [4.78, 5) is 24.1. The number of halogens is 1. The predicted molar refractivity (Wildman–Crippen MR) is 120 cm³/mol. The molecular formula is C25H24FNO6. The van der Waals surface area contributed by atoms with Crippen LogP contribution < -0.4 is 19.6 Å². The number of aromatic carboxylic acids is 1. The van der Waals surface area contributed by atoms with Crippen LogP contribution in [-0.4, -0.2) is 29.4 Å². The van der Waals surface area contributed by atoms with Gasteiger partial charge in [0.05, 0.1) is 19.4 Å². The molecule has 0 radical (unpaired) electrons. The van der Waals surface area contributed by atoms with E-state index in [1.165, 1.54) is 36.1 Å². The van der Waals surface area contributed by atoms with Gasteiger partial charge >= 0.3 is 5.97 Å². The quantitative estimate of drug-likeness (QED) is 0.518. The number of methoxy groups -OCH3 is 1. The SMILES string of the molecule is CCCCOc1cc2c(cc1C)-c1cc(=O)c(C(=O)O)cn1C(c1ccc(OC)cc1F)O2. The average molecular weight is 453 g/mol. The Morgan fingerprint density at radius 2 is 2.03 bits per heavy atom. The molecule has 172 valence electrons. The number of hydrogen-bond acceptors (Lipinski definition) is 5. The normalized spacial score (nSPS) is 14.1. The Balaban J connectivity index is 1.90. The van der Waals surface area contributed by atoms with Crippen LogP contribution in [0.5, 0.6) is 17.2 Å². The van der Waals surface area contributed by atoms with E-state index in [1.54, 1.807) is 12.1 Å². The molecule has 1 aliphatic rings. The number of fused-ring (bicyclic) bond motifs is 3. The Labute approximate surface area is 190 Å². The third-order valence-corrected chi connectivity index (χ3v) is 5.58. The van der Waals surface area contributed by atoms with Crippen LogP contribution in [0.15, 0.2) is 47.4 Å². The summed E-state index contributed by atoms with van der Waals surface area (Å²) in [5, 5.41) is 9.46. The summed E-state index contributed by atoms with van der Waals surface area (Å²) in [7, 11) is 1.43. The van der Waals surface area contributed by atoms with Crippen molar-refractivity contribution in [1.82, 2.24) is 4.57 Å². The Kier molecular flexibility index (Phi) is 6.09. The van der Waals surface area contributed by atoms with Gasteiger partial charge < -0.3 is 23.9 Å². The zero-order valence-corrected chi connectivity index (χ0v) is 18.6. The second-order valence-corrected chi connectivity index (χ2v) is 7.82. The smallest absolute Gasteiger partial charge is 0.341 e. The van der Waals surface area contributed by atoms with Crippen LogP contribution in [0, 0.1) is 12.7 Å². The zero-order valence-electron chi connectivity index (χ0n) is 18.6. The lowest BCUT2D eigenvalue weighted by molar-refractivity contribution is 0.0693. The minimum atomic E-state index is -1.37. The summed E-state index contributed by atoms with van der Waals surface area (Å²) in [5.41, 5.74) is 0.947. The maximum atomic E-state index is 15.0. The average Bonchev–Trinajstić information content (AvgIpc) is 2.79. The van der Waals surface area contributed by atoms with Crippen molar-refractivity contribution in [3.8, 4) is 28.5 Å². The highest BCUT2D eigenvalue weighted by Crippen LogP contribution is 2.43. The molecule has 0 amide bonds. The number of aromatic nitrogens is 1. The van der Waals surface area contributed by atoms with E-state index in [0.29, 0.717) is 35.1 Å². The van der Waals surface area contributed by atoms with Gasteiger partial charge in [0.2, 0.25) is 6.23 Å². The number of aryl methyl sites for hydroxylation is 1. The monoisotopic (exact) mass is 453 g/mol. The van der Waals surface area contributed by atoms with Gasteiger partial charge in [-0.3, -0.25) is 4.79 Å². The third-order valence-electron chi connectivity index (χ3n) is 5.58. The van der Waals surface area contributed by atoms with Crippen molar-refractivity contribution in [2.75, 3.05) is 13.7 Å². The van der Waals surface area contributed by atoms with Crippen LogP contribution in [0.3, 0.4) is 0 Å². The van der Waals surface area contributed by atoms with Gasteiger partial charge in [-0.15, -0.1) is 0 Å². The van der Waals surface area contributed by atoms with Crippen LogP contribution in [0.25, 0.3) is 11.3 Å². The van der Waals surface area contributed by atoms with Gasteiger partial charge in [-0.25, -0.2) is 9.18 Å². The first-order valence-corrected chi connectivity index (χ1v) is 10.6. The van der Waals surface area contributed by atoms with E-state index in [4.69, 9.17) is 14.2 Å². The Bertz CT molecular complexity index is 1280. The number of ether oxygens (including phenoxy) is 3. The number of carbonyl (C=O) groups is 1. The van der Waals surface area contributed by atoms with Crippen molar-refractivity contribution < 1.29 is 28.5 Å². The van der Waals surface area contributed by atoms with Crippen molar-refractivity contribution in [2.24, 2.45) is 0 Å². The van der Waals surface area contributed by atoms with E-state index in [2.05, 4.69) is 6.92 Å². The van der Waals surface area contributed by atoms with Crippen LogP contribution >= 0.6 is 0 Å².